The van der Waals surface area contributed by atoms with E-state index in [4.69, 9.17) is 4.74 Å². The molecular formula is C19H23FN2O4S. The quantitative estimate of drug-likeness (QED) is 0.747. The lowest BCUT2D eigenvalue weighted by Gasteiger charge is -2.23. The lowest BCUT2D eigenvalue weighted by Crippen LogP contribution is -2.41. The average Bonchev–Trinajstić information content (AvgIpc) is 2.60. The molecule has 146 valence electrons. The molecule has 1 amide bonds. The second-order valence-electron chi connectivity index (χ2n) is 6.04. The summed E-state index contributed by atoms with van der Waals surface area (Å²) < 4.78 is 43.8. The van der Waals surface area contributed by atoms with Crippen molar-refractivity contribution in [1.82, 2.24) is 5.32 Å². The standard InChI is InChI=1S/C19H23FN2O4S/c1-4-26-18-7-5-6-17(12-18)22(27(3,24)25)13-19(23)21-14(2)15-8-10-16(20)11-9-15/h5-12,14H,4,13H2,1-3H3,(H,21,23)/t14-/m0/s1. The van der Waals surface area contributed by atoms with Gasteiger partial charge < -0.3 is 10.1 Å². The van der Waals surface area contributed by atoms with Crippen LogP contribution in [0.15, 0.2) is 48.5 Å². The highest BCUT2D eigenvalue weighted by atomic mass is 32.2. The number of nitrogens with one attached hydrogen (secondary N) is 1. The van der Waals surface area contributed by atoms with Crippen molar-refractivity contribution in [1.29, 1.82) is 0 Å². The number of anilines is 1. The maximum atomic E-state index is 13.0. The molecule has 8 heteroatoms. The predicted molar refractivity (Wildman–Crippen MR) is 103 cm³/mol. The maximum absolute atomic E-state index is 13.0. The van der Waals surface area contributed by atoms with Crippen LogP contribution in [0, 0.1) is 5.82 Å². The Morgan fingerprint density at radius 3 is 2.48 bits per heavy atom. The van der Waals surface area contributed by atoms with Crippen LogP contribution in [0.4, 0.5) is 10.1 Å². The minimum atomic E-state index is -3.68. The van der Waals surface area contributed by atoms with E-state index < -0.39 is 22.0 Å². The van der Waals surface area contributed by atoms with Gasteiger partial charge in [-0.2, -0.15) is 0 Å². The number of carbonyl (C=O) groups is 1. The molecule has 0 aromatic heterocycles. The highest BCUT2D eigenvalue weighted by molar-refractivity contribution is 7.92. The van der Waals surface area contributed by atoms with Crippen LogP contribution in [0.25, 0.3) is 0 Å². The fourth-order valence-electron chi connectivity index (χ4n) is 2.55. The zero-order valence-electron chi connectivity index (χ0n) is 15.5. The van der Waals surface area contributed by atoms with Gasteiger partial charge in [0, 0.05) is 6.07 Å². The second-order valence-corrected chi connectivity index (χ2v) is 7.95. The molecule has 1 N–H and O–H groups in total. The van der Waals surface area contributed by atoms with E-state index in [2.05, 4.69) is 5.32 Å². The van der Waals surface area contributed by atoms with E-state index in [0.29, 0.717) is 23.6 Å². The molecule has 0 saturated heterocycles. The van der Waals surface area contributed by atoms with Crippen molar-refractivity contribution < 1.29 is 22.3 Å². The molecule has 0 aliphatic heterocycles. The van der Waals surface area contributed by atoms with Gasteiger partial charge in [0.1, 0.15) is 18.1 Å². The van der Waals surface area contributed by atoms with Gasteiger partial charge in [-0.05, 0) is 43.7 Å². The number of hydrogen-bond donors (Lipinski definition) is 1. The van der Waals surface area contributed by atoms with Crippen LogP contribution >= 0.6 is 0 Å². The van der Waals surface area contributed by atoms with Gasteiger partial charge in [0.15, 0.2) is 0 Å². The third-order valence-corrected chi connectivity index (χ3v) is 4.99. The SMILES string of the molecule is CCOc1cccc(N(CC(=O)N[C@@H](C)c2ccc(F)cc2)S(C)(=O)=O)c1. The number of ether oxygens (including phenoxy) is 1. The van der Waals surface area contributed by atoms with Crippen LogP contribution in [0.5, 0.6) is 5.75 Å². The van der Waals surface area contributed by atoms with Crippen LogP contribution in [-0.4, -0.2) is 33.7 Å². The molecule has 2 aromatic carbocycles. The Kier molecular flexibility index (Phi) is 6.79. The second kappa shape index (κ2) is 8.85. The topological polar surface area (TPSA) is 75.7 Å². The monoisotopic (exact) mass is 394 g/mol. The molecule has 0 unspecified atom stereocenters. The number of hydrogen-bond acceptors (Lipinski definition) is 4. The zero-order valence-corrected chi connectivity index (χ0v) is 16.3. The van der Waals surface area contributed by atoms with E-state index in [0.717, 1.165) is 10.6 Å². The minimum absolute atomic E-state index is 0.341. The van der Waals surface area contributed by atoms with Gasteiger partial charge in [-0.3, -0.25) is 9.10 Å². The summed E-state index contributed by atoms with van der Waals surface area (Å²) in [5.74, 6) is -0.322. The summed E-state index contributed by atoms with van der Waals surface area (Å²) >= 11 is 0. The number of nitrogens with zero attached hydrogens (tertiary/aromatic N) is 1. The molecule has 0 spiro atoms. The fourth-order valence-corrected chi connectivity index (χ4v) is 3.40. The Morgan fingerprint density at radius 1 is 1.22 bits per heavy atom. The predicted octanol–water partition coefficient (Wildman–Crippen LogP) is 2.87. The van der Waals surface area contributed by atoms with E-state index in [1.54, 1.807) is 43.3 Å². The Hall–Kier alpha value is -2.61. The summed E-state index contributed by atoms with van der Waals surface area (Å²) in [7, 11) is -3.68. The minimum Gasteiger partial charge on any atom is -0.494 e. The van der Waals surface area contributed by atoms with Gasteiger partial charge in [-0.1, -0.05) is 18.2 Å². The molecule has 2 aromatic rings. The summed E-state index contributed by atoms with van der Waals surface area (Å²) in [5, 5.41) is 2.73. The van der Waals surface area contributed by atoms with Gasteiger partial charge in [0.05, 0.1) is 24.6 Å². The molecule has 27 heavy (non-hydrogen) atoms. The summed E-state index contributed by atoms with van der Waals surface area (Å²) in [6, 6.07) is 11.9. The average molecular weight is 394 g/mol. The summed E-state index contributed by atoms with van der Waals surface area (Å²) in [6.07, 6.45) is 1.04. The van der Waals surface area contributed by atoms with Crippen LogP contribution in [0.3, 0.4) is 0 Å². The van der Waals surface area contributed by atoms with Crippen molar-refractivity contribution >= 4 is 21.6 Å². The van der Waals surface area contributed by atoms with Gasteiger partial charge in [-0.25, -0.2) is 12.8 Å². The van der Waals surface area contributed by atoms with Crippen LogP contribution in [0.2, 0.25) is 0 Å². The first-order valence-corrected chi connectivity index (χ1v) is 10.3. The Morgan fingerprint density at radius 2 is 1.89 bits per heavy atom. The summed E-state index contributed by atoms with van der Waals surface area (Å²) in [6.45, 7) is 3.63. The fraction of sp³-hybridized carbons (Fsp3) is 0.316. The molecule has 0 fully saturated rings. The number of carbonyl (C=O) groups excluding carboxylic acids is 1. The lowest BCUT2D eigenvalue weighted by molar-refractivity contribution is -0.120. The summed E-state index contributed by atoms with van der Waals surface area (Å²) in [4.78, 5) is 12.4. The molecule has 0 saturated carbocycles. The Labute approximate surface area is 159 Å². The Bertz CT molecular complexity index is 885. The molecule has 0 radical (unpaired) electrons. The van der Waals surface area contributed by atoms with E-state index in [1.807, 2.05) is 6.92 Å². The number of benzene rings is 2. The van der Waals surface area contributed by atoms with Gasteiger partial charge >= 0.3 is 0 Å². The van der Waals surface area contributed by atoms with Crippen molar-refractivity contribution in [2.75, 3.05) is 23.7 Å². The maximum Gasteiger partial charge on any atom is 0.241 e. The number of amides is 1. The molecule has 0 heterocycles. The van der Waals surface area contributed by atoms with Crippen LogP contribution in [-0.2, 0) is 14.8 Å². The van der Waals surface area contributed by atoms with Crippen LogP contribution < -0.4 is 14.4 Å². The highest BCUT2D eigenvalue weighted by Crippen LogP contribution is 2.23. The van der Waals surface area contributed by atoms with Crippen molar-refractivity contribution in [3.63, 3.8) is 0 Å². The largest absolute Gasteiger partial charge is 0.494 e. The molecule has 6 nitrogen and oxygen atoms in total. The van der Waals surface area contributed by atoms with E-state index in [1.165, 1.54) is 12.1 Å². The molecular weight excluding hydrogens is 371 g/mol. The molecule has 2 rings (SSSR count). The third-order valence-electron chi connectivity index (χ3n) is 3.85. The molecule has 0 aliphatic rings. The lowest BCUT2D eigenvalue weighted by atomic mass is 10.1. The van der Waals surface area contributed by atoms with Crippen molar-refractivity contribution in [2.45, 2.75) is 19.9 Å². The third kappa shape index (κ3) is 5.96. The van der Waals surface area contributed by atoms with Crippen LogP contribution in [0.1, 0.15) is 25.5 Å². The normalized spacial score (nSPS) is 12.3. The number of rotatable bonds is 8. The summed E-state index contributed by atoms with van der Waals surface area (Å²) in [5.41, 5.74) is 1.06. The van der Waals surface area contributed by atoms with E-state index >= 15 is 0 Å². The van der Waals surface area contributed by atoms with E-state index in [-0.39, 0.29) is 12.4 Å². The highest BCUT2D eigenvalue weighted by Gasteiger charge is 2.22. The first-order valence-electron chi connectivity index (χ1n) is 8.46. The van der Waals surface area contributed by atoms with Crippen molar-refractivity contribution in [3.8, 4) is 5.75 Å². The smallest absolute Gasteiger partial charge is 0.241 e. The number of halogens is 1. The zero-order chi connectivity index (χ0) is 20.0. The number of sulfonamides is 1. The van der Waals surface area contributed by atoms with E-state index in [9.17, 15) is 17.6 Å². The molecule has 0 aliphatic carbocycles. The van der Waals surface area contributed by atoms with Gasteiger partial charge in [0.2, 0.25) is 15.9 Å². The molecule has 0 bridgehead atoms. The first kappa shape index (κ1) is 20.7. The van der Waals surface area contributed by atoms with Crippen molar-refractivity contribution in [3.05, 3.63) is 59.9 Å². The molecule has 1 atom stereocenters. The van der Waals surface area contributed by atoms with Crippen molar-refractivity contribution in [2.24, 2.45) is 0 Å². The van der Waals surface area contributed by atoms with Gasteiger partial charge in [0.25, 0.3) is 0 Å². The first-order chi connectivity index (χ1) is 12.7. The Balaban J connectivity index is 2.15. The van der Waals surface area contributed by atoms with Gasteiger partial charge in [-0.15, -0.1) is 0 Å².